The lowest BCUT2D eigenvalue weighted by atomic mass is 10.2. The molecule has 0 radical (unpaired) electrons. The van der Waals surface area contributed by atoms with Crippen molar-refractivity contribution in [3.63, 3.8) is 0 Å². The van der Waals surface area contributed by atoms with Gasteiger partial charge in [-0.3, -0.25) is 14.4 Å². The molecule has 0 unspecified atom stereocenters. The third-order valence-electron chi connectivity index (χ3n) is 2.64. The van der Waals surface area contributed by atoms with Crippen molar-refractivity contribution in [3.05, 3.63) is 0 Å². The van der Waals surface area contributed by atoms with Crippen molar-refractivity contribution in [2.45, 2.75) is 39.7 Å². The first-order valence-electron chi connectivity index (χ1n) is 5.98. The van der Waals surface area contributed by atoms with Crippen molar-refractivity contribution in [3.8, 4) is 0 Å². The van der Waals surface area contributed by atoms with E-state index >= 15 is 0 Å². The molecule has 0 atom stereocenters. The number of hydrogen-bond donors (Lipinski definition) is 1. The zero-order valence-corrected chi connectivity index (χ0v) is 11.5. The van der Waals surface area contributed by atoms with Crippen LogP contribution in [0.15, 0.2) is 0 Å². The number of carboxylic acid groups (broad SMARTS) is 1. The molecule has 2 amide bonds. The molecule has 0 fully saturated rings. The zero-order chi connectivity index (χ0) is 14.3. The van der Waals surface area contributed by atoms with E-state index in [2.05, 4.69) is 0 Å². The van der Waals surface area contributed by atoms with Crippen LogP contribution in [0.4, 0.5) is 0 Å². The van der Waals surface area contributed by atoms with Crippen LogP contribution in [0.5, 0.6) is 0 Å². The highest BCUT2D eigenvalue weighted by atomic mass is 16.4. The predicted octanol–water partition coefficient (Wildman–Crippen LogP) is 0.567. The molecule has 0 aliphatic heterocycles. The third kappa shape index (κ3) is 6.22. The summed E-state index contributed by atoms with van der Waals surface area (Å²) in [5, 5.41) is 8.57. The van der Waals surface area contributed by atoms with Crippen LogP contribution < -0.4 is 0 Å². The fourth-order valence-corrected chi connectivity index (χ4v) is 1.48. The molecule has 0 aliphatic carbocycles. The smallest absolute Gasteiger partial charge is 0.303 e. The SMILES string of the molecule is CC(=O)N(C)CC(=O)N(CCCC(=O)O)C(C)C. The Morgan fingerprint density at radius 2 is 1.78 bits per heavy atom. The van der Waals surface area contributed by atoms with Crippen molar-refractivity contribution >= 4 is 17.8 Å². The maximum atomic E-state index is 12.0. The lowest BCUT2D eigenvalue weighted by Crippen LogP contribution is -2.44. The Bertz CT molecular complexity index is 315. The van der Waals surface area contributed by atoms with Crippen LogP contribution in [0.25, 0.3) is 0 Å². The van der Waals surface area contributed by atoms with E-state index in [4.69, 9.17) is 5.11 Å². The van der Waals surface area contributed by atoms with Gasteiger partial charge in [0.15, 0.2) is 0 Å². The Labute approximate surface area is 108 Å². The van der Waals surface area contributed by atoms with Crippen LogP contribution in [-0.2, 0) is 14.4 Å². The van der Waals surface area contributed by atoms with Gasteiger partial charge in [-0.25, -0.2) is 0 Å². The van der Waals surface area contributed by atoms with Gasteiger partial charge in [-0.2, -0.15) is 0 Å². The van der Waals surface area contributed by atoms with Crippen LogP contribution in [0.2, 0.25) is 0 Å². The summed E-state index contributed by atoms with van der Waals surface area (Å²) in [7, 11) is 1.57. The van der Waals surface area contributed by atoms with Gasteiger partial charge in [-0.1, -0.05) is 0 Å². The molecule has 0 saturated heterocycles. The van der Waals surface area contributed by atoms with Gasteiger partial charge in [0.05, 0.1) is 6.54 Å². The Morgan fingerprint density at radius 1 is 1.22 bits per heavy atom. The summed E-state index contributed by atoms with van der Waals surface area (Å²) in [6.45, 7) is 5.56. The Morgan fingerprint density at radius 3 is 2.17 bits per heavy atom. The monoisotopic (exact) mass is 258 g/mol. The molecule has 0 spiro atoms. The lowest BCUT2D eigenvalue weighted by Gasteiger charge is -2.28. The Balaban J connectivity index is 4.36. The number of carbonyl (C=O) groups excluding carboxylic acids is 2. The second kappa shape index (κ2) is 7.68. The number of carboxylic acids is 1. The molecule has 0 rings (SSSR count). The van der Waals surface area contributed by atoms with Gasteiger partial charge in [0.1, 0.15) is 0 Å². The molecule has 0 aromatic carbocycles. The average molecular weight is 258 g/mol. The van der Waals surface area contributed by atoms with Crippen molar-refractivity contribution in [2.24, 2.45) is 0 Å². The lowest BCUT2D eigenvalue weighted by molar-refractivity contribution is -0.140. The van der Waals surface area contributed by atoms with Gasteiger partial charge in [0, 0.05) is 33.0 Å². The second-order valence-electron chi connectivity index (χ2n) is 4.55. The van der Waals surface area contributed by atoms with E-state index < -0.39 is 5.97 Å². The van der Waals surface area contributed by atoms with E-state index in [9.17, 15) is 14.4 Å². The van der Waals surface area contributed by atoms with Crippen LogP contribution in [0, 0.1) is 0 Å². The van der Waals surface area contributed by atoms with Gasteiger partial charge in [0.2, 0.25) is 11.8 Å². The molecular formula is C12H22N2O4. The highest BCUT2D eigenvalue weighted by Crippen LogP contribution is 2.04. The highest BCUT2D eigenvalue weighted by Gasteiger charge is 2.19. The molecule has 6 nitrogen and oxygen atoms in total. The Kier molecular flexibility index (Phi) is 7.00. The predicted molar refractivity (Wildman–Crippen MR) is 67.0 cm³/mol. The first-order valence-corrected chi connectivity index (χ1v) is 5.98. The Hall–Kier alpha value is -1.59. The minimum atomic E-state index is -0.869. The number of carbonyl (C=O) groups is 3. The summed E-state index contributed by atoms with van der Waals surface area (Å²) in [6, 6.07) is -0.00773. The van der Waals surface area contributed by atoms with Gasteiger partial charge in [-0.15, -0.1) is 0 Å². The number of hydrogen-bond acceptors (Lipinski definition) is 3. The first-order chi connectivity index (χ1) is 8.25. The molecule has 104 valence electrons. The molecule has 0 bridgehead atoms. The molecular weight excluding hydrogens is 236 g/mol. The van der Waals surface area contributed by atoms with Crippen molar-refractivity contribution in [1.29, 1.82) is 0 Å². The molecule has 1 N–H and O–H groups in total. The summed E-state index contributed by atoms with van der Waals surface area (Å²) in [5.74, 6) is -1.20. The van der Waals surface area contributed by atoms with E-state index in [1.54, 1.807) is 11.9 Å². The summed E-state index contributed by atoms with van der Waals surface area (Å²) in [5.41, 5.74) is 0. The molecule has 0 saturated carbocycles. The minimum absolute atomic E-state index is 0.00773. The van der Waals surface area contributed by atoms with E-state index in [0.29, 0.717) is 13.0 Å². The van der Waals surface area contributed by atoms with Gasteiger partial charge < -0.3 is 14.9 Å². The largest absolute Gasteiger partial charge is 0.481 e. The van der Waals surface area contributed by atoms with Crippen LogP contribution in [0.1, 0.15) is 33.6 Å². The van der Waals surface area contributed by atoms with E-state index in [-0.39, 0.29) is 30.8 Å². The van der Waals surface area contributed by atoms with E-state index in [0.717, 1.165) is 0 Å². The molecule has 0 aliphatic rings. The van der Waals surface area contributed by atoms with Crippen LogP contribution in [-0.4, -0.2) is 58.9 Å². The average Bonchev–Trinajstić information content (AvgIpc) is 2.22. The van der Waals surface area contributed by atoms with Gasteiger partial charge in [0.25, 0.3) is 0 Å². The molecule has 6 heteroatoms. The molecule has 18 heavy (non-hydrogen) atoms. The topological polar surface area (TPSA) is 77.9 Å². The summed E-state index contributed by atoms with van der Waals surface area (Å²) >= 11 is 0. The van der Waals surface area contributed by atoms with E-state index in [1.165, 1.54) is 11.8 Å². The second-order valence-corrected chi connectivity index (χ2v) is 4.55. The standard InChI is InChI=1S/C12H22N2O4/c1-9(2)14(7-5-6-12(17)18)11(16)8-13(4)10(3)15/h9H,5-8H2,1-4H3,(H,17,18). The first kappa shape index (κ1) is 16.4. The van der Waals surface area contributed by atoms with Crippen molar-refractivity contribution < 1.29 is 19.5 Å². The van der Waals surface area contributed by atoms with Crippen molar-refractivity contribution in [2.75, 3.05) is 20.1 Å². The summed E-state index contributed by atoms with van der Waals surface area (Å²) in [4.78, 5) is 36.4. The van der Waals surface area contributed by atoms with Crippen molar-refractivity contribution in [1.82, 2.24) is 9.80 Å². The molecule has 0 heterocycles. The van der Waals surface area contributed by atoms with E-state index in [1.807, 2.05) is 13.8 Å². The van der Waals surface area contributed by atoms with Gasteiger partial charge >= 0.3 is 5.97 Å². The highest BCUT2D eigenvalue weighted by molar-refractivity contribution is 5.83. The zero-order valence-electron chi connectivity index (χ0n) is 11.5. The fraction of sp³-hybridized carbons (Fsp3) is 0.750. The van der Waals surface area contributed by atoms with Gasteiger partial charge in [-0.05, 0) is 20.3 Å². The minimum Gasteiger partial charge on any atom is -0.481 e. The quantitative estimate of drug-likeness (QED) is 0.724. The normalized spacial score (nSPS) is 10.3. The number of nitrogens with zero attached hydrogens (tertiary/aromatic N) is 2. The summed E-state index contributed by atoms with van der Waals surface area (Å²) < 4.78 is 0. The number of rotatable bonds is 7. The van der Waals surface area contributed by atoms with Crippen LogP contribution in [0.3, 0.4) is 0 Å². The van der Waals surface area contributed by atoms with Crippen LogP contribution >= 0.6 is 0 Å². The number of amides is 2. The third-order valence-corrected chi connectivity index (χ3v) is 2.64. The number of aliphatic carboxylic acids is 1. The maximum absolute atomic E-state index is 12.0. The number of likely N-dealkylation sites (N-methyl/N-ethyl adjacent to an activating group) is 1. The fourth-order valence-electron chi connectivity index (χ4n) is 1.48. The maximum Gasteiger partial charge on any atom is 0.303 e. The molecule has 0 aromatic rings. The summed E-state index contributed by atoms with van der Waals surface area (Å²) in [6.07, 6.45) is 0.460. The molecule has 0 aromatic heterocycles.